The van der Waals surface area contributed by atoms with Crippen molar-refractivity contribution >= 4 is 48.3 Å². The number of nitrogens with one attached hydrogen (secondary N) is 1. The number of benzene rings is 1. The number of hydrogen-bond donors (Lipinski definition) is 1. The number of amides is 1. The molecular formula is C22H22N4O6S2. The highest BCUT2D eigenvalue weighted by Gasteiger charge is 2.36. The minimum absolute atomic E-state index is 0.00654. The van der Waals surface area contributed by atoms with E-state index in [0.717, 1.165) is 0 Å². The van der Waals surface area contributed by atoms with Crippen LogP contribution >= 0.6 is 11.3 Å². The first-order chi connectivity index (χ1) is 16.4. The molecule has 12 heteroatoms. The molecule has 3 heterocycles. The number of aromatic nitrogens is 2. The van der Waals surface area contributed by atoms with E-state index in [0.29, 0.717) is 59.4 Å². The first-order valence-corrected chi connectivity index (χ1v) is 13.1. The van der Waals surface area contributed by atoms with Gasteiger partial charge in [-0.15, -0.1) is 0 Å². The average Bonchev–Trinajstić information content (AvgIpc) is 3.44. The number of carbonyl (C=O) groups excluding carboxylic acids is 1. The maximum Gasteiger partial charge on any atom is 0.280 e. The van der Waals surface area contributed by atoms with E-state index in [1.807, 2.05) is 0 Å². The third kappa shape index (κ3) is 4.74. The van der Waals surface area contributed by atoms with Crippen molar-refractivity contribution in [3.05, 3.63) is 42.0 Å². The molecule has 0 bridgehead atoms. The molecule has 2 aromatic heterocycles. The summed E-state index contributed by atoms with van der Waals surface area (Å²) in [5.41, 5.74) is 1.05. The largest absolute Gasteiger partial charge is 0.481 e. The van der Waals surface area contributed by atoms with E-state index in [1.54, 1.807) is 24.3 Å². The highest BCUT2D eigenvalue weighted by atomic mass is 32.2. The molecule has 1 aromatic carbocycles. The molecule has 1 saturated heterocycles. The molecule has 0 unspecified atom stereocenters. The van der Waals surface area contributed by atoms with Gasteiger partial charge in [-0.2, -0.15) is 0 Å². The highest BCUT2D eigenvalue weighted by Crippen LogP contribution is 2.33. The van der Waals surface area contributed by atoms with E-state index in [2.05, 4.69) is 20.4 Å². The molecule has 1 saturated carbocycles. The van der Waals surface area contributed by atoms with Crippen molar-refractivity contribution in [2.75, 3.05) is 25.6 Å². The van der Waals surface area contributed by atoms with Gasteiger partial charge in [-0.25, -0.2) is 18.4 Å². The number of carbonyl (C=O) groups is 1. The van der Waals surface area contributed by atoms with E-state index in [-0.39, 0.29) is 22.0 Å². The lowest BCUT2D eigenvalue weighted by Crippen LogP contribution is -2.25. The number of sulfone groups is 1. The third-order valence-corrected chi connectivity index (χ3v) is 8.63. The second-order valence-electron chi connectivity index (χ2n) is 7.95. The van der Waals surface area contributed by atoms with Crippen molar-refractivity contribution in [3.8, 4) is 5.88 Å². The lowest BCUT2D eigenvalue weighted by molar-refractivity contribution is -0.110. The van der Waals surface area contributed by atoms with Gasteiger partial charge in [-0.1, -0.05) is 28.6 Å². The van der Waals surface area contributed by atoms with Gasteiger partial charge in [0.05, 0.1) is 30.5 Å². The van der Waals surface area contributed by atoms with Crippen molar-refractivity contribution in [1.29, 1.82) is 0 Å². The summed E-state index contributed by atoms with van der Waals surface area (Å²) in [5, 5.41) is 6.88. The Morgan fingerprint density at radius 3 is 2.62 bits per heavy atom. The Bertz CT molecular complexity index is 1340. The molecule has 1 atom stereocenters. The zero-order valence-corrected chi connectivity index (χ0v) is 19.9. The summed E-state index contributed by atoms with van der Waals surface area (Å²) in [7, 11) is -1.81. The number of oxime groups is 1. The van der Waals surface area contributed by atoms with Gasteiger partial charge in [-0.05, 0) is 31.0 Å². The van der Waals surface area contributed by atoms with Crippen LogP contribution in [-0.4, -0.2) is 61.7 Å². The maximum absolute atomic E-state index is 13.2. The van der Waals surface area contributed by atoms with Crippen LogP contribution in [0.15, 0.2) is 46.4 Å². The Labute approximate surface area is 199 Å². The number of thiazole rings is 1. The van der Waals surface area contributed by atoms with E-state index in [1.165, 1.54) is 30.6 Å². The Hall–Kier alpha value is -3.09. The minimum atomic E-state index is -3.34. The van der Waals surface area contributed by atoms with Crippen LogP contribution < -0.4 is 10.1 Å². The summed E-state index contributed by atoms with van der Waals surface area (Å²) >= 11 is 1.20. The lowest BCUT2D eigenvalue weighted by Gasteiger charge is -2.10. The Balaban J connectivity index is 1.41. The normalized spacial score (nSPS) is 18.7. The number of rotatable bonds is 8. The molecule has 3 aromatic rings. The number of fused-ring (bicyclic) bond motifs is 1. The van der Waals surface area contributed by atoms with E-state index >= 15 is 0 Å². The maximum atomic E-state index is 13.2. The molecular weight excluding hydrogens is 480 g/mol. The van der Waals surface area contributed by atoms with Crippen molar-refractivity contribution in [1.82, 2.24) is 9.97 Å². The quantitative estimate of drug-likeness (QED) is 0.368. The fourth-order valence-corrected chi connectivity index (χ4v) is 5.93. The standard InChI is InChI=1S/C22H22N4O6S2/c1-30-18-9-8-17-21(24-18)33-22(23-17)25-20(27)19(26-32-14-10-11-31-12-14)13-2-4-15(5-3-13)34(28,29)16-6-7-16/h2-5,8-9,14,16H,6-7,10-12H2,1H3,(H,23,25,27)/b26-19+/t14-/m1/s1. The summed E-state index contributed by atoms with van der Waals surface area (Å²) in [6, 6.07) is 9.57. The Kier molecular flexibility index (Phi) is 6.19. The smallest absolute Gasteiger partial charge is 0.280 e. The predicted octanol–water partition coefficient (Wildman–Crippen LogP) is 2.78. The predicted molar refractivity (Wildman–Crippen MR) is 126 cm³/mol. The number of anilines is 1. The molecule has 1 amide bonds. The fourth-order valence-electron chi connectivity index (χ4n) is 3.45. The van der Waals surface area contributed by atoms with Crippen LogP contribution in [0.2, 0.25) is 0 Å². The second kappa shape index (κ2) is 9.28. The van der Waals surface area contributed by atoms with Crippen LogP contribution in [0.3, 0.4) is 0 Å². The van der Waals surface area contributed by atoms with Crippen molar-refractivity contribution in [2.45, 2.75) is 35.5 Å². The number of methoxy groups -OCH3 is 1. The third-order valence-electron chi connectivity index (χ3n) is 5.48. The first-order valence-electron chi connectivity index (χ1n) is 10.7. The number of ether oxygens (including phenoxy) is 2. The van der Waals surface area contributed by atoms with Gasteiger partial charge in [0.15, 0.2) is 26.8 Å². The van der Waals surface area contributed by atoms with Crippen LogP contribution in [0.25, 0.3) is 10.3 Å². The summed E-state index contributed by atoms with van der Waals surface area (Å²) in [4.78, 5) is 28.3. The van der Waals surface area contributed by atoms with Gasteiger partial charge in [0, 0.05) is 18.1 Å². The first kappa shape index (κ1) is 22.7. The average molecular weight is 503 g/mol. The summed E-state index contributed by atoms with van der Waals surface area (Å²) in [5.74, 6) is -0.0903. The van der Waals surface area contributed by atoms with Crippen molar-refractivity contribution in [2.24, 2.45) is 5.16 Å². The number of pyridine rings is 1. The zero-order valence-electron chi connectivity index (χ0n) is 18.3. The molecule has 34 heavy (non-hydrogen) atoms. The molecule has 1 N–H and O–H groups in total. The minimum Gasteiger partial charge on any atom is -0.481 e. The molecule has 0 radical (unpaired) electrons. The summed E-state index contributed by atoms with van der Waals surface area (Å²) < 4.78 is 35.5. The van der Waals surface area contributed by atoms with Crippen molar-refractivity contribution in [3.63, 3.8) is 0 Å². The summed E-state index contributed by atoms with van der Waals surface area (Å²) in [6.07, 6.45) is 1.78. The molecule has 0 spiro atoms. The Morgan fingerprint density at radius 2 is 1.94 bits per heavy atom. The molecule has 1 aliphatic carbocycles. The van der Waals surface area contributed by atoms with Crippen LogP contribution in [0, 0.1) is 0 Å². The summed E-state index contributed by atoms with van der Waals surface area (Å²) in [6.45, 7) is 0.958. The van der Waals surface area contributed by atoms with Gasteiger partial charge in [0.25, 0.3) is 5.91 Å². The molecule has 10 nitrogen and oxygen atoms in total. The lowest BCUT2D eigenvalue weighted by atomic mass is 10.1. The topological polar surface area (TPSA) is 129 Å². The fraction of sp³-hybridized carbons (Fsp3) is 0.364. The highest BCUT2D eigenvalue weighted by molar-refractivity contribution is 7.92. The van der Waals surface area contributed by atoms with Crippen LogP contribution in [0.4, 0.5) is 5.13 Å². The molecule has 1 aliphatic heterocycles. The van der Waals surface area contributed by atoms with Crippen LogP contribution in [0.5, 0.6) is 5.88 Å². The van der Waals surface area contributed by atoms with Gasteiger partial charge in [0.2, 0.25) is 5.88 Å². The Morgan fingerprint density at radius 1 is 1.15 bits per heavy atom. The van der Waals surface area contributed by atoms with Crippen LogP contribution in [0.1, 0.15) is 24.8 Å². The number of nitrogens with zero attached hydrogens (tertiary/aromatic N) is 3. The van der Waals surface area contributed by atoms with Gasteiger partial charge in [0.1, 0.15) is 10.3 Å². The zero-order chi connectivity index (χ0) is 23.7. The SMILES string of the molecule is COc1ccc2nc(NC(=O)/C(=N/O[C@@H]3CCOC3)c3ccc(S(=O)(=O)C4CC4)cc3)sc2n1. The molecule has 2 aliphatic rings. The van der Waals surface area contributed by atoms with Gasteiger partial charge < -0.3 is 14.3 Å². The molecule has 178 valence electrons. The molecule has 5 rings (SSSR count). The van der Waals surface area contributed by atoms with Gasteiger partial charge in [-0.3, -0.25) is 10.1 Å². The van der Waals surface area contributed by atoms with E-state index in [9.17, 15) is 13.2 Å². The van der Waals surface area contributed by atoms with Crippen LogP contribution in [-0.2, 0) is 24.2 Å². The van der Waals surface area contributed by atoms with E-state index < -0.39 is 15.7 Å². The van der Waals surface area contributed by atoms with Gasteiger partial charge >= 0.3 is 0 Å². The second-order valence-corrected chi connectivity index (χ2v) is 11.2. The number of hydrogen-bond acceptors (Lipinski definition) is 10. The molecule has 2 fully saturated rings. The van der Waals surface area contributed by atoms with Crippen molar-refractivity contribution < 1.29 is 27.5 Å². The van der Waals surface area contributed by atoms with E-state index in [4.69, 9.17) is 14.3 Å². The monoisotopic (exact) mass is 502 g/mol.